The second kappa shape index (κ2) is 3.83. The van der Waals surface area contributed by atoms with Crippen LogP contribution in [0.15, 0.2) is 12.3 Å². The number of aryl methyl sites for hydroxylation is 2. The lowest BCUT2D eigenvalue weighted by Crippen LogP contribution is -2.32. The molecule has 0 spiro atoms. The first-order valence-electron chi connectivity index (χ1n) is 4.55. The van der Waals surface area contributed by atoms with E-state index in [1.54, 1.807) is 6.20 Å². The summed E-state index contributed by atoms with van der Waals surface area (Å²) < 4.78 is 0. The molecule has 1 aromatic heterocycles. The molecule has 13 heavy (non-hydrogen) atoms. The normalized spacial score (nSPS) is 11.7. The van der Waals surface area contributed by atoms with Crippen LogP contribution in [0.1, 0.15) is 31.8 Å². The van der Waals surface area contributed by atoms with E-state index in [9.17, 15) is 0 Å². The summed E-state index contributed by atoms with van der Waals surface area (Å²) in [5.74, 6) is 0.888. The van der Waals surface area contributed by atoms with Gasteiger partial charge in [-0.3, -0.25) is 0 Å². The van der Waals surface area contributed by atoms with Gasteiger partial charge in [-0.15, -0.1) is 0 Å². The van der Waals surface area contributed by atoms with E-state index in [0.29, 0.717) is 0 Å². The third-order valence-corrected chi connectivity index (χ3v) is 1.84. The summed E-state index contributed by atoms with van der Waals surface area (Å²) in [5, 5.41) is 0. The number of rotatable bonds is 3. The Morgan fingerprint density at radius 3 is 2.69 bits per heavy atom. The second-order valence-electron chi connectivity index (χ2n) is 4.10. The average molecular weight is 179 g/mol. The Bertz CT molecular complexity index is 276. The minimum Gasteiger partial charge on any atom is -0.326 e. The number of aromatic nitrogens is 2. The van der Waals surface area contributed by atoms with Crippen LogP contribution in [0.4, 0.5) is 0 Å². The molecular formula is C10H17N3. The molecule has 0 aliphatic heterocycles. The van der Waals surface area contributed by atoms with Crippen LogP contribution in [0.5, 0.6) is 0 Å². The molecule has 0 aliphatic carbocycles. The molecule has 0 atom stereocenters. The fourth-order valence-corrected chi connectivity index (χ4v) is 1.06. The van der Waals surface area contributed by atoms with E-state index in [4.69, 9.17) is 5.73 Å². The molecule has 0 saturated heterocycles. The molecule has 0 fully saturated rings. The van der Waals surface area contributed by atoms with Crippen LogP contribution in [-0.2, 0) is 6.42 Å². The van der Waals surface area contributed by atoms with Gasteiger partial charge >= 0.3 is 0 Å². The molecule has 0 saturated carbocycles. The summed E-state index contributed by atoms with van der Waals surface area (Å²) in [6.07, 6.45) is 3.56. The van der Waals surface area contributed by atoms with Crippen LogP contribution in [-0.4, -0.2) is 15.5 Å². The lowest BCUT2D eigenvalue weighted by Gasteiger charge is -2.17. The van der Waals surface area contributed by atoms with Crippen LogP contribution in [0.2, 0.25) is 0 Å². The van der Waals surface area contributed by atoms with Gasteiger partial charge in [-0.1, -0.05) is 0 Å². The Balaban J connectivity index is 2.55. The van der Waals surface area contributed by atoms with E-state index < -0.39 is 0 Å². The molecule has 0 aromatic carbocycles. The molecule has 1 rings (SSSR count). The SMILES string of the molecule is Cc1ccnc(CCC(C)(C)N)n1. The summed E-state index contributed by atoms with van der Waals surface area (Å²) in [6, 6.07) is 1.90. The minimum absolute atomic E-state index is 0.132. The summed E-state index contributed by atoms with van der Waals surface area (Å²) in [6.45, 7) is 6.00. The van der Waals surface area contributed by atoms with E-state index in [1.165, 1.54) is 0 Å². The van der Waals surface area contributed by atoms with Crippen molar-refractivity contribution in [2.75, 3.05) is 0 Å². The van der Waals surface area contributed by atoms with E-state index in [1.807, 2.05) is 26.8 Å². The highest BCUT2D eigenvalue weighted by Gasteiger charge is 2.11. The average Bonchev–Trinajstić information content (AvgIpc) is 2.00. The smallest absolute Gasteiger partial charge is 0.128 e. The monoisotopic (exact) mass is 179 g/mol. The lowest BCUT2D eigenvalue weighted by molar-refractivity contribution is 0.470. The van der Waals surface area contributed by atoms with Gasteiger partial charge in [0, 0.05) is 23.9 Å². The molecule has 1 aromatic rings. The van der Waals surface area contributed by atoms with Gasteiger partial charge in [0.2, 0.25) is 0 Å². The summed E-state index contributed by atoms with van der Waals surface area (Å²) >= 11 is 0. The van der Waals surface area contributed by atoms with Crippen molar-refractivity contribution in [3.63, 3.8) is 0 Å². The van der Waals surface area contributed by atoms with E-state index in [0.717, 1.165) is 24.4 Å². The zero-order chi connectivity index (χ0) is 9.90. The Hall–Kier alpha value is -0.960. The molecule has 2 N–H and O–H groups in total. The predicted molar refractivity (Wildman–Crippen MR) is 53.4 cm³/mol. The number of hydrogen-bond acceptors (Lipinski definition) is 3. The molecular weight excluding hydrogens is 162 g/mol. The maximum Gasteiger partial charge on any atom is 0.128 e. The highest BCUT2D eigenvalue weighted by molar-refractivity contribution is 5.00. The number of nitrogens with zero attached hydrogens (tertiary/aromatic N) is 2. The molecule has 0 aliphatic rings. The fraction of sp³-hybridized carbons (Fsp3) is 0.600. The van der Waals surface area contributed by atoms with Gasteiger partial charge in [0.25, 0.3) is 0 Å². The second-order valence-corrected chi connectivity index (χ2v) is 4.10. The molecule has 0 unspecified atom stereocenters. The first-order valence-corrected chi connectivity index (χ1v) is 4.55. The van der Waals surface area contributed by atoms with Crippen molar-refractivity contribution in [1.82, 2.24) is 9.97 Å². The standard InChI is InChI=1S/C10H17N3/c1-8-5-7-12-9(13-8)4-6-10(2,3)11/h5,7H,4,6,11H2,1-3H3. The van der Waals surface area contributed by atoms with Gasteiger partial charge in [0.05, 0.1) is 0 Å². The topological polar surface area (TPSA) is 51.8 Å². The number of nitrogens with two attached hydrogens (primary N) is 1. The lowest BCUT2D eigenvalue weighted by atomic mass is 10.00. The molecule has 1 heterocycles. The molecule has 72 valence electrons. The van der Waals surface area contributed by atoms with Crippen LogP contribution in [0.25, 0.3) is 0 Å². The van der Waals surface area contributed by atoms with E-state index in [-0.39, 0.29) is 5.54 Å². The van der Waals surface area contributed by atoms with Crippen molar-refractivity contribution in [2.45, 2.75) is 39.2 Å². The summed E-state index contributed by atoms with van der Waals surface area (Å²) in [7, 11) is 0. The van der Waals surface area contributed by atoms with Crippen molar-refractivity contribution >= 4 is 0 Å². The van der Waals surface area contributed by atoms with Gasteiger partial charge in [0.1, 0.15) is 5.82 Å². The Morgan fingerprint density at radius 2 is 2.15 bits per heavy atom. The highest BCUT2D eigenvalue weighted by atomic mass is 14.9. The van der Waals surface area contributed by atoms with Crippen molar-refractivity contribution < 1.29 is 0 Å². The molecule has 3 heteroatoms. The van der Waals surface area contributed by atoms with E-state index in [2.05, 4.69) is 9.97 Å². The first kappa shape index (κ1) is 10.1. The zero-order valence-corrected chi connectivity index (χ0v) is 8.54. The maximum absolute atomic E-state index is 5.87. The Kier molecular flexibility index (Phi) is 2.98. The molecule has 0 radical (unpaired) electrons. The van der Waals surface area contributed by atoms with Gasteiger partial charge in [-0.25, -0.2) is 9.97 Å². The minimum atomic E-state index is -0.132. The molecule has 0 amide bonds. The van der Waals surface area contributed by atoms with Gasteiger partial charge < -0.3 is 5.73 Å². The fourth-order valence-electron chi connectivity index (χ4n) is 1.06. The van der Waals surface area contributed by atoms with Gasteiger partial charge in [0.15, 0.2) is 0 Å². The van der Waals surface area contributed by atoms with Gasteiger partial charge in [-0.2, -0.15) is 0 Å². The van der Waals surface area contributed by atoms with Gasteiger partial charge in [-0.05, 0) is 33.3 Å². The van der Waals surface area contributed by atoms with Crippen molar-refractivity contribution in [1.29, 1.82) is 0 Å². The summed E-state index contributed by atoms with van der Waals surface area (Å²) in [4.78, 5) is 8.49. The number of hydrogen-bond donors (Lipinski definition) is 1. The van der Waals surface area contributed by atoms with Crippen molar-refractivity contribution in [2.24, 2.45) is 5.73 Å². The predicted octanol–water partition coefficient (Wildman–Crippen LogP) is 1.45. The quantitative estimate of drug-likeness (QED) is 0.764. The van der Waals surface area contributed by atoms with Crippen molar-refractivity contribution in [3.8, 4) is 0 Å². The molecule has 0 bridgehead atoms. The Morgan fingerprint density at radius 1 is 1.46 bits per heavy atom. The van der Waals surface area contributed by atoms with Crippen molar-refractivity contribution in [3.05, 3.63) is 23.8 Å². The van der Waals surface area contributed by atoms with Crippen LogP contribution in [0.3, 0.4) is 0 Å². The van der Waals surface area contributed by atoms with Crippen LogP contribution >= 0.6 is 0 Å². The Labute approximate surface area is 79.4 Å². The highest BCUT2D eigenvalue weighted by Crippen LogP contribution is 2.07. The molecule has 3 nitrogen and oxygen atoms in total. The third-order valence-electron chi connectivity index (χ3n) is 1.84. The van der Waals surface area contributed by atoms with Crippen LogP contribution < -0.4 is 5.73 Å². The van der Waals surface area contributed by atoms with E-state index >= 15 is 0 Å². The third kappa shape index (κ3) is 3.99. The van der Waals surface area contributed by atoms with Crippen LogP contribution in [0, 0.1) is 6.92 Å². The maximum atomic E-state index is 5.87. The summed E-state index contributed by atoms with van der Waals surface area (Å²) in [5.41, 5.74) is 6.75. The first-order chi connectivity index (χ1) is 5.97. The zero-order valence-electron chi connectivity index (χ0n) is 8.54. The largest absolute Gasteiger partial charge is 0.326 e.